The van der Waals surface area contributed by atoms with Crippen molar-refractivity contribution in [1.29, 1.82) is 5.26 Å². The van der Waals surface area contributed by atoms with Gasteiger partial charge in [0.2, 0.25) is 5.06 Å². The zero-order valence-electron chi connectivity index (χ0n) is 18.0. The van der Waals surface area contributed by atoms with Crippen LogP contribution < -0.4 is 4.74 Å². The number of aryl methyl sites for hydroxylation is 2. The van der Waals surface area contributed by atoms with E-state index in [0.29, 0.717) is 22.6 Å². The first-order valence-electron chi connectivity index (χ1n) is 10.4. The summed E-state index contributed by atoms with van der Waals surface area (Å²) < 4.78 is 10.8. The maximum Gasteiger partial charge on any atom is 0.218 e. The van der Waals surface area contributed by atoms with Gasteiger partial charge in [-0.2, -0.15) is 9.64 Å². The first-order chi connectivity index (χ1) is 13.9. The predicted octanol–water partition coefficient (Wildman–Crippen LogP) is 6.47. The molecule has 0 N–H and O–H groups in total. The molecule has 1 heterocycles. The van der Waals surface area contributed by atoms with Crippen LogP contribution in [0.3, 0.4) is 0 Å². The van der Waals surface area contributed by atoms with Gasteiger partial charge in [0.05, 0.1) is 17.7 Å². The van der Waals surface area contributed by atoms with Crippen molar-refractivity contribution in [2.24, 2.45) is 4.99 Å². The largest absolute Gasteiger partial charge is 0.443 e. The second-order valence-electron chi connectivity index (χ2n) is 8.19. The van der Waals surface area contributed by atoms with Gasteiger partial charge in [0.15, 0.2) is 0 Å². The fourth-order valence-electron chi connectivity index (χ4n) is 3.52. The summed E-state index contributed by atoms with van der Waals surface area (Å²) in [6.07, 6.45) is 7.82. The Hall–Kier alpha value is -2.39. The average molecular weight is 411 g/mol. The minimum absolute atomic E-state index is 0.393. The van der Waals surface area contributed by atoms with Crippen LogP contribution >= 0.6 is 11.5 Å². The molecule has 1 aliphatic carbocycles. The third-order valence-corrected chi connectivity index (χ3v) is 6.42. The molecule has 1 fully saturated rings. The normalized spacial score (nSPS) is 15.1. The molecular weight excluding hydrogens is 380 g/mol. The smallest absolute Gasteiger partial charge is 0.218 e. The van der Waals surface area contributed by atoms with E-state index in [2.05, 4.69) is 34.2 Å². The van der Waals surface area contributed by atoms with Crippen LogP contribution in [-0.4, -0.2) is 28.7 Å². The highest BCUT2D eigenvalue weighted by Gasteiger charge is 2.25. The lowest BCUT2D eigenvalue weighted by atomic mass is 9.86. The summed E-state index contributed by atoms with van der Waals surface area (Å²) in [5.74, 6) is 1.15. The van der Waals surface area contributed by atoms with Gasteiger partial charge >= 0.3 is 0 Å². The number of aliphatic imine (C=N–C) groups is 1. The molecule has 0 atom stereocenters. The van der Waals surface area contributed by atoms with Gasteiger partial charge in [-0.1, -0.05) is 19.3 Å². The number of nitrogens with zero attached hydrogens (tertiary/aromatic N) is 4. The molecule has 1 aliphatic rings. The number of benzene rings is 1. The van der Waals surface area contributed by atoms with Gasteiger partial charge in [0.1, 0.15) is 17.4 Å². The van der Waals surface area contributed by atoms with Crippen molar-refractivity contribution >= 4 is 23.6 Å². The molecule has 0 amide bonds. The molecule has 2 aromatic rings. The van der Waals surface area contributed by atoms with Gasteiger partial charge in [-0.15, -0.1) is 0 Å². The highest BCUT2D eigenvalue weighted by atomic mass is 32.1. The zero-order valence-corrected chi connectivity index (χ0v) is 18.8. The maximum atomic E-state index is 9.74. The molecule has 0 radical (unpaired) electrons. The summed E-state index contributed by atoms with van der Waals surface area (Å²) >= 11 is 1.29. The van der Waals surface area contributed by atoms with Crippen LogP contribution in [0.15, 0.2) is 17.1 Å². The Balaban J connectivity index is 1.83. The predicted molar refractivity (Wildman–Crippen MR) is 120 cm³/mol. The summed E-state index contributed by atoms with van der Waals surface area (Å²) in [6.45, 7) is 8.30. The summed E-state index contributed by atoms with van der Waals surface area (Å²) in [4.78, 5) is 6.69. The standard InChI is InChI=1S/C23H30N4OS/c1-15(2)27(5)14-25-20-11-17(4)21(12-16(20)3)28-23-19(13-24)22(26-29-23)18-9-7-6-8-10-18/h11-12,14-15,18H,6-10H2,1-5H3. The molecule has 29 heavy (non-hydrogen) atoms. The first kappa shape index (κ1) is 21.3. The van der Waals surface area contributed by atoms with E-state index < -0.39 is 0 Å². The molecule has 5 nitrogen and oxygen atoms in total. The average Bonchev–Trinajstić information content (AvgIpc) is 3.12. The van der Waals surface area contributed by atoms with Crippen molar-refractivity contribution < 1.29 is 4.74 Å². The first-order valence-corrected chi connectivity index (χ1v) is 11.1. The zero-order chi connectivity index (χ0) is 21.0. The van der Waals surface area contributed by atoms with E-state index in [-0.39, 0.29) is 0 Å². The highest BCUT2D eigenvalue weighted by Crippen LogP contribution is 2.41. The fraction of sp³-hybridized carbons (Fsp3) is 0.522. The van der Waals surface area contributed by atoms with Crippen LogP contribution in [0.4, 0.5) is 5.69 Å². The molecule has 0 unspecified atom stereocenters. The van der Waals surface area contributed by atoms with Crippen LogP contribution in [0, 0.1) is 25.2 Å². The van der Waals surface area contributed by atoms with Gasteiger partial charge in [-0.05, 0) is 63.8 Å². The van der Waals surface area contributed by atoms with Crippen molar-refractivity contribution in [3.63, 3.8) is 0 Å². The molecular formula is C23H30N4OS. The van der Waals surface area contributed by atoms with E-state index in [4.69, 9.17) is 4.74 Å². The topological polar surface area (TPSA) is 61.5 Å². The van der Waals surface area contributed by atoms with Crippen molar-refractivity contribution in [1.82, 2.24) is 9.27 Å². The molecule has 6 heteroatoms. The molecule has 0 saturated heterocycles. The molecule has 0 bridgehead atoms. The third kappa shape index (κ3) is 4.97. The Bertz CT molecular complexity index is 920. The van der Waals surface area contributed by atoms with Gasteiger partial charge in [-0.3, -0.25) is 0 Å². The van der Waals surface area contributed by atoms with Crippen molar-refractivity contribution in [3.8, 4) is 16.9 Å². The Morgan fingerprint density at radius 2 is 1.97 bits per heavy atom. The summed E-state index contributed by atoms with van der Waals surface area (Å²) in [7, 11) is 2.02. The number of ether oxygens (including phenoxy) is 1. The molecule has 0 spiro atoms. The lowest BCUT2D eigenvalue weighted by molar-refractivity contribution is 0.429. The van der Waals surface area contributed by atoms with E-state index in [9.17, 15) is 5.26 Å². The van der Waals surface area contributed by atoms with Crippen LogP contribution in [0.2, 0.25) is 0 Å². The van der Waals surface area contributed by atoms with E-state index in [1.165, 1.54) is 30.8 Å². The fourth-order valence-corrected chi connectivity index (χ4v) is 4.31. The second kappa shape index (κ2) is 9.41. The molecule has 1 saturated carbocycles. The number of nitriles is 1. The minimum atomic E-state index is 0.393. The minimum Gasteiger partial charge on any atom is -0.443 e. The molecule has 1 aromatic heterocycles. The lowest BCUT2D eigenvalue weighted by Gasteiger charge is -2.19. The number of hydrogen-bond acceptors (Lipinski definition) is 5. The number of aromatic nitrogens is 1. The Kier molecular flexibility index (Phi) is 6.92. The quantitative estimate of drug-likeness (QED) is 0.404. The van der Waals surface area contributed by atoms with E-state index >= 15 is 0 Å². The highest BCUT2D eigenvalue weighted by molar-refractivity contribution is 7.08. The van der Waals surface area contributed by atoms with Gasteiger partial charge in [0.25, 0.3) is 0 Å². The summed E-state index contributed by atoms with van der Waals surface area (Å²) in [6, 6.07) is 6.78. The summed E-state index contributed by atoms with van der Waals surface area (Å²) in [5, 5.41) is 10.3. The Morgan fingerprint density at radius 3 is 2.62 bits per heavy atom. The van der Waals surface area contributed by atoms with Crippen LogP contribution in [0.1, 0.15) is 74.3 Å². The molecule has 3 rings (SSSR count). The Labute approximate surface area is 178 Å². The van der Waals surface area contributed by atoms with E-state index in [0.717, 1.165) is 41.1 Å². The van der Waals surface area contributed by atoms with Crippen LogP contribution in [0.5, 0.6) is 10.8 Å². The van der Waals surface area contributed by atoms with Gasteiger partial charge in [-0.25, -0.2) is 4.99 Å². The monoisotopic (exact) mass is 410 g/mol. The van der Waals surface area contributed by atoms with Crippen molar-refractivity contribution in [2.45, 2.75) is 71.8 Å². The van der Waals surface area contributed by atoms with Crippen LogP contribution in [-0.2, 0) is 0 Å². The summed E-state index contributed by atoms with van der Waals surface area (Å²) in [5.41, 5.74) is 4.50. The maximum absolute atomic E-state index is 9.74. The SMILES string of the molecule is Cc1cc(Oc2snc(C3CCCCC3)c2C#N)c(C)cc1N=CN(C)C(C)C. The molecule has 1 aromatic carbocycles. The van der Waals surface area contributed by atoms with E-state index in [1.807, 2.05) is 39.4 Å². The van der Waals surface area contributed by atoms with E-state index in [1.54, 1.807) is 0 Å². The van der Waals surface area contributed by atoms with Crippen molar-refractivity contribution in [3.05, 3.63) is 34.5 Å². The third-order valence-electron chi connectivity index (χ3n) is 5.68. The Morgan fingerprint density at radius 1 is 1.24 bits per heavy atom. The van der Waals surface area contributed by atoms with Crippen LogP contribution in [0.25, 0.3) is 0 Å². The number of hydrogen-bond donors (Lipinski definition) is 0. The van der Waals surface area contributed by atoms with Gasteiger partial charge in [0, 0.05) is 30.5 Å². The van der Waals surface area contributed by atoms with Gasteiger partial charge < -0.3 is 9.64 Å². The lowest BCUT2D eigenvalue weighted by Crippen LogP contribution is -2.24. The van der Waals surface area contributed by atoms with Crippen molar-refractivity contribution in [2.75, 3.05) is 7.05 Å². The molecule has 154 valence electrons. The second-order valence-corrected chi connectivity index (χ2v) is 8.92. The number of rotatable bonds is 6. The molecule has 0 aliphatic heterocycles.